The molecule has 2 aromatic heterocycles. The lowest BCUT2D eigenvalue weighted by molar-refractivity contribution is 0.432. The van der Waals surface area contributed by atoms with Crippen molar-refractivity contribution in [2.75, 3.05) is 5.73 Å². The number of rotatable bonds is 3. The zero-order chi connectivity index (χ0) is 14.1. The van der Waals surface area contributed by atoms with E-state index in [0.29, 0.717) is 23.0 Å². The Morgan fingerprint density at radius 3 is 2.85 bits per heavy atom. The van der Waals surface area contributed by atoms with Crippen LogP contribution in [0.3, 0.4) is 0 Å². The van der Waals surface area contributed by atoms with Crippen molar-refractivity contribution in [3.63, 3.8) is 0 Å². The average molecular weight is 290 g/mol. The van der Waals surface area contributed by atoms with Gasteiger partial charge in [0, 0.05) is 0 Å². The maximum absolute atomic E-state index is 13.7. The number of nitrogens with two attached hydrogens (primary N) is 1. The van der Waals surface area contributed by atoms with Crippen molar-refractivity contribution in [2.45, 2.75) is 13.3 Å². The van der Waals surface area contributed by atoms with Gasteiger partial charge in [0.15, 0.2) is 5.13 Å². The van der Waals surface area contributed by atoms with Crippen molar-refractivity contribution >= 4 is 16.5 Å². The fourth-order valence-electron chi connectivity index (χ4n) is 1.84. The molecule has 20 heavy (non-hydrogen) atoms. The molecule has 0 amide bonds. The van der Waals surface area contributed by atoms with Crippen molar-refractivity contribution in [1.29, 1.82) is 0 Å². The van der Waals surface area contributed by atoms with Gasteiger partial charge in [-0.1, -0.05) is 35.5 Å². The molecular formula is C13H11FN4OS. The second-order valence-corrected chi connectivity index (χ2v) is 5.12. The maximum Gasteiger partial charge on any atom is 0.270 e. The smallest absolute Gasteiger partial charge is 0.270 e. The molecule has 2 N–H and O–H groups in total. The van der Waals surface area contributed by atoms with Crippen LogP contribution in [0.4, 0.5) is 9.52 Å². The van der Waals surface area contributed by atoms with Crippen molar-refractivity contribution < 1.29 is 8.91 Å². The topological polar surface area (TPSA) is 77.8 Å². The summed E-state index contributed by atoms with van der Waals surface area (Å²) in [5, 5.41) is 4.27. The number of nitrogens with zero attached hydrogens (tertiary/aromatic N) is 3. The van der Waals surface area contributed by atoms with E-state index in [-0.39, 0.29) is 11.6 Å². The first-order chi connectivity index (χ1) is 9.69. The van der Waals surface area contributed by atoms with E-state index in [1.807, 2.05) is 6.92 Å². The lowest BCUT2D eigenvalue weighted by Gasteiger charge is -1.94. The first-order valence-electron chi connectivity index (χ1n) is 6.03. The second kappa shape index (κ2) is 5.01. The fraction of sp³-hybridized carbons (Fsp3) is 0.154. The molecule has 7 heteroatoms. The van der Waals surface area contributed by atoms with Crippen LogP contribution in [-0.4, -0.2) is 15.1 Å². The van der Waals surface area contributed by atoms with Crippen LogP contribution in [0.2, 0.25) is 0 Å². The fourth-order valence-corrected chi connectivity index (χ4v) is 2.69. The van der Waals surface area contributed by atoms with Gasteiger partial charge >= 0.3 is 0 Å². The number of aryl methyl sites for hydroxylation is 1. The van der Waals surface area contributed by atoms with E-state index >= 15 is 0 Å². The average Bonchev–Trinajstić information content (AvgIpc) is 3.05. The third-order valence-corrected chi connectivity index (χ3v) is 3.70. The maximum atomic E-state index is 13.7. The molecule has 102 valence electrons. The van der Waals surface area contributed by atoms with Crippen LogP contribution >= 0.6 is 11.3 Å². The minimum absolute atomic E-state index is 0.215. The van der Waals surface area contributed by atoms with Crippen LogP contribution in [0.15, 0.2) is 28.8 Å². The van der Waals surface area contributed by atoms with Gasteiger partial charge in [-0.3, -0.25) is 0 Å². The first-order valence-corrected chi connectivity index (χ1v) is 6.85. The van der Waals surface area contributed by atoms with Crippen molar-refractivity contribution in [3.05, 3.63) is 35.8 Å². The number of hydrogen-bond acceptors (Lipinski definition) is 6. The van der Waals surface area contributed by atoms with Crippen LogP contribution in [0.25, 0.3) is 22.2 Å². The Morgan fingerprint density at radius 2 is 2.10 bits per heavy atom. The molecule has 0 radical (unpaired) electrons. The summed E-state index contributed by atoms with van der Waals surface area (Å²) in [5.41, 5.74) is 6.80. The molecule has 0 aliphatic heterocycles. The Hall–Kier alpha value is -2.28. The normalized spacial score (nSPS) is 10.9. The number of hydrogen-bond donors (Lipinski definition) is 1. The van der Waals surface area contributed by atoms with Gasteiger partial charge in [0.05, 0.1) is 11.3 Å². The van der Waals surface area contributed by atoms with E-state index in [1.54, 1.807) is 18.2 Å². The summed E-state index contributed by atoms with van der Waals surface area (Å²) in [6.45, 7) is 1.96. The van der Waals surface area contributed by atoms with Crippen molar-refractivity contribution in [1.82, 2.24) is 15.1 Å². The summed E-state index contributed by atoms with van der Waals surface area (Å²) in [6.07, 6.45) is 0.709. The standard InChI is InChI=1S/C13H11FN4OS/c1-2-9-10(20-13(15)16-9)12-17-11(18-19-12)7-5-3-4-6-8(7)14/h3-6H,2H2,1H3,(H2,15,16). The summed E-state index contributed by atoms with van der Waals surface area (Å²) in [4.78, 5) is 9.17. The number of aromatic nitrogens is 3. The Labute approximate surface area is 118 Å². The van der Waals surface area contributed by atoms with E-state index in [2.05, 4.69) is 15.1 Å². The van der Waals surface area contributed by atoms with E-state index in [4.69, 9.17) is 10.3 Å². The van der Waals surface area contributed by atoms with Crippen LogP contribution in [0, 0.1) is 5.82 Å². The van der Waals surface area contributed by atoms with Crippen LogP contribution in [0.5, 0.6) is 0 Å². The molecule has 5 nitrogen and oxygen atoms in total. The third-order valence-electron chi connectivity index (χ3n) is 2.78. The molecule has 0 bridgehead atoms. The number of benzene rings is 1. The van der Waals surface area contributed by atoms with Crippen LogP contribution < -0.4 is 5.73 Å². The number of anilines is 1. The number of halogens is 1. The molecule has 0 atom stereocenters. The second-order valence-electron chi connectivity index (χ2n) is 4.08. The van der Waals surface area contributed by atoms with Crippen molar-refractivity contribution in [2.24, 2.45) is 0 Å². The molecule has 0 saturated heterocycles. The Morgan fingerprint density at radius 1 is 1.30 bits per heavy atom. The van der Waals surface area contributed by atoms with Gasteiger partial charge in [-0.25, -0.2) is 9.37 Å². The summed E-state index contributed by atoms with van der Waals surface area (Å²) >= 11 is 1.28. The summed E-state index contributed by atoms with van der Waals surface area (Å²) in [7, 11) is 0. The monoisotopic (exact) mass is 290 g/mol. The third kappa shape index (κ3) is 2.16. The van der Waals surface area contributed by atoms with Gasteiger partial charge in [-0.15, -0.1) is 0 Å². The van der Waals surface area contributed by atoms with Crippen LogP contribution in [0.1, 0.15) is 12.6 Å². The highest BCUT2D eigenvalue weighted by Crippen LogP contribution is 2.32. The van der Waals surface area contributed by atoms with E-state index in [9.17, 15) is 4.39 Å². The van der Waals surface area contributed by atoms with E-state index in [1.165, 1.54) is 17.4 Å². The van der Waals surface area contributed by atoms with Gasteiger partial charge in [0.25, 0.3) is 5.89 Å². The van der Waals surface area contributed by atoms with Crippen molar-refractivity contribution in [3.8, 4) is 22.2 Å². The minimum Gasteiger partial charge on any atom is -0.375 e. The highest BCUT2D eigenvalue weighted by molar-refractivity contribution is 7.18. The summed E-state index contributed by atoms with van der Waals surface area (Å²) in [5.74, 6) is 0.140. The predicted octanol–water partition coefficient (Wildman–Crippen LogP) is 3.14. The molecule has 0 fully saturated rings. The number of thiazole rings is 1. The molecule has 0 spiro atoms. The number of nitrogen functional groups attached to an aromatic ring is 1. The molecule has 0 unspecified atom stereocenters. The lowest BCUT2D eigenvalue weighted by Crippen LogP contribution is -1.87. The van der Waals surface area contributed by atoms with Gasteiger partial charge < -0.3 is 10.3 Å². The summed E-state index contributed by atoms with van der Waals surface area (Å²) in [6, 6.07) is 6.29. The van der Waals surface area contributed by atoms with Gasteiger partial charge in [0.1, 0.15) is 10.7 Å². The Balaban J connectivity index is 2.04. The zero-order valence-electron chi connectivity index (χ0n) is 10.6. The van der Waals surface area contributed by atoms with Gasteiger partial charge in [0.2, 0.25) is 5.82 Å². The molecule has 0 aliphatic rings. The largest absolute Gasteiger partial charge is 0.375 e. The Bertz CT molecular complexity index is 752. The molecule has 2 heterocycles. The molecule has 0 aliphatic carbocycles. The minimum atomic E-state index is -0.389. The first kappa shape index (κ1) is 12.7. The summed E-state index contributed by atoms with van der Waals surface area (Å²) < 4.78 is 18.9. The molecule has 3 aromatic rings. The highest BCUT2D eigenvalue weighted by Gasteiger charge is 2.18. The highest BCUT2D eigenvalue weighted by atomic mass is 32.1. The predicted molar refractivity (Wildman–Crippen MR) is 74.6 cm³/mol. The molecule has 0 saturated carbocycles. The van der Waals surface area contributed by atoms with E-state index in [0.717, 1.165) is 10.6 Å². The van der Waals surface area contributed by atoms with Gasteiger partial charge in [-0.2, -0.15) is 4.98 Å². The lowest BCUT2D eigenvalue weighted by atomic mass is 10.2. The SMILES string of the molecule is CCc1nc(N)sc1-c1nc(-c2ccccc2F)no1. The molecule has 3 rings (SSSR count). The molecule has 1 aromatic carbocycles. The quantitative estimate of drug-likeness (QED) is 0.801. The molecular weight excluding hydrogens is 279 g/mol. The van der Waals surface area contributed by atoms with Gasteiger partial charge in [-0.05, 0) is 18.6 Å². The van der Waals surface area contributed by atoms with Crippen LogP contribution in [-0.2, 0) is 6.42 Å². The van der Waals surface area contributed by atoms with E-state index < -0.39 is 0 Å². The zero-order valence-corrected chi connectivity index (χ0v) is 11.4. The Kier molecular flexibility index (Phi) is 3.19.